The van der Waals surface area contributed by atoms with E-state index < -0.39 is 5.72 Å². The second-order valence-electron chi connectivity index (χ2n) is 9.11. The number of rotatable bonds is 13. The summed E-state index contributed by atoms with van der Waals surface area (Å²) in [4.78, 5) is 7.95. The highest BCUT2D eigenvalue weighted by Gasteiger charge is 2.48. The lowest BCUT2D eigenvalue weighted by atomic mass is 10.0. The van der Waals surface area contributed by atoms with Crippen LogP contribution in [0.1, 0.15) is 78.1 Å². The summed E-state index contributed by atoms with van der Waals surface area (Å²) in [5.41, 5.74) is 10.1. The van der Waals surface area contributed by atoms with Crippen molar-refractivity contribution in [3.63, 3.8) is 0 Å². The van der Waals surface area contributed by atoms with Gasteiger partial charge in [-0.2, -0.15) is 0 Å². The molecule has 28 heavy (non-hydrogen) atoms. The second kappa shape index (κ2) is 11.8. The average Bonchev–Trinajstić information content (AvgIpc) is 2.98. The lowest BCUT2D eigenvalue weighted by Crippen LogP contribution is -3.24. The van der Waals surface area contributed by atoms with E-state index in [1.54, 1.807) is 0 Å². The average molecular weight is 395 g/mol. The predicted octanol–water partition coefficient (Wildman–Crippen LogP) is 1.60. The summed E-state index contributed by atoms with van der Waals surface area (Å²) in [6.45, 7) is 8.61. The Balaban J connectivity index is 1.69. The topological polar surface area (TPSA) is 92.3 Å². The van der Waals surface area contributed by atoms with Crippen molar-refractivity contribution in [3.05, 3.63) is 12.2 Å². The standard InChI is InChI=1S/C22H43N5O/c1-19(2)11-6-3-4-7-13-22(28)14-12-20-26(17-10-18-27(20)22)16-9-5-8-15-25-21(23)24/h12,14,19-20,28H,3-11,13,15-18H2,1-2H3,(H4,23,24,25)/p+1. The van der Waals surface area contributed by atoms with Crippen LogP contribution in [0.2, 0.25) is 0 Å². The fraction of sp³-hybridized carbons (Fsp3) is 0.864. The first-order valence-corrected chi connectivity index (χ1v) is 11.5. The minimum absolute atomic E-state index is 0.186. The van der Waals surface area contributed by atoms with Crippen molar-refractivity contribution in [3.8, 4) is 0 Å². The van der Waals surface area contributed by atoms with Gasteiger partial charge in [0.05, 0.1) is 6.54 Å². The van der Waals surface area contributed by atoms with Gasteiger partial charge in [0.1, 0.15) is 0 Å². The van der Waals surface area contributed by atoms with Gasteiger partial charge in [0.25, 0.3) is 0 Å². The molecule has 2 heterocycles. The number of quaternary nitrogens is 1. The molecule has 0 aromatic carbocycles. The Morgan fingerprint density at radius 3 is 2.68 bits per heavy atom. The van der Waals surface area contributed by atoms with Crippen molar-refractivity contribution >= 4 is 5.96 Å². The van der Waals surface area contributed by atoms with Crippen LogP contribution in [0.3, 0.4) is 0 Å². The molecule has 162 valence electrons. The molecule has 2 rings (SSSR count). The molecule has 0 aromatic rings. The van der Waals surface area contributed by atoms with Crippen LogP contribution in [0, 0.1) is 5.92 Å². The van der Waals surface area contributed by atoms with Crippen molar-refractivity contribution in [2.24, 2.45) is 22.4 Å². The molecule has 0 aliphatic carbocycles. The number of hydrogen-bond acceptors (Lipinski definition) is 3. The zero-order chi connectivity index (χ0) is 20.4. The maximum atomic E-state index is 11.3. The number of hydrogen-bond donors (Lipinski definition) is 4. The summed E-state index contributed by atoms with van der Waals surface area (Å²) in [5, 5.41) is 11.3. The molecule has 0 radical (unpaired) electrons. The van der Waals surface area contributed by atoms with Crippen LogP contribution in [0.15, 0.2) is 17.1 Å². The third-order valence-corrected chi connectivity index (χ3v) is 6.24. The van der Waals surface area contributed by atoms with Gasteiger partial charge < -0.3 is 16.6 Å². The van der Waals surface area contributed by atoms with Crippen molar-refractivity contribution in [1.29, 1.82) is 0 Å². The van der Waals surface area contributed by atoms with E-state index in [2.05, 4.69) is 35.9 Å². The fourth-order valence-electron chi connectivity index (χ4n) is 4.65. The van der Waals surface area contributed by atoms with Gasteiger partial charge in [-0.05, 0) is 31.3 Å². The minimum Gasteiger partial charge on any atom is -0.370 e. The number of unbranched alkanes of at least 4 members (excludes halogenated alkanes) is 5. The summed E-state index contributed by atoms with van der Waals surface area (Å²) >= 11 is 0. The number of nitrogens with two attached hydrogens (primary N) is 2. The SMILES string of the molecule is CC(C)CCCCCCC1(O)C=CC2N(CCCCCN=C(N)N)CCC[NH+]21. The van der Waals surface area contributed by atoms with Crippen molar-refractivity contribution < 1.29 is 10.0 Å². The van der Waals surface area contributed by atoms with E-state index in [1.807, 2.05) is 0 Å². The molecule has 3 unspecified atom stereocenters. The molecule has 6 heteroatoms. The molecule has 3 atom stereocenters. The van der Waals surface area contributed by atoms with Crippen molar-refractivity contribution in [1.82, 2.24) is 4.90 Å². The fourth-order valence-corrected chi connectivity index (χ4v) is 4.65. The number of aliphatic hydroxyl groups is 1. The lowest BCUT2D eigenvalue weighted by Gasteiger charge is -2.42. The monoisotopic (exact) mass is 394 g/mol. The molecule has 0 bridgehead atoms. The van der Waals surface area contributed by atoms with Gasteiger partial charge in [-0.25, -0.2) is 0 Å². The molecule has 0 amide bonds. The number of guanidine groups is 1. The highest BCUT2D eigenvalue weighted by molar-refractivity contribution is 5.75. The van der Waals surface area contributed by atoms with Crippen LogP contribution in [0.25, 0.3) is 0 Å². The first kappa shape index (κ1) is 23.2. The van der Waals surface area contributed by atoms with E-state index >= 15 is 0 Å². The van der Waals surface area contributed by atoms with Crippen LogP contribution < -0.4 is 16.4 Å². The first-order chi connectivity index (χ1) is 13.4. The third kappa shape index (κ3) is 7.37. The zero-order valence-corrected chi connectivity index (χ0v) is 18.2. The normalized spacial score (nSPS) is 27.3. The van der Waals surface area contributed by atoms with Crippen molar-refractivity contribution in [2.75, 3.05) is 26.2 Å². The van der Waals surface area contributed by atoms with Crippen LogP contribution in [0.4, 0.5) is 0 Å². The lowest BCUT2D eigenvalue weighted by molar-refractivity contribution is -0.995. The van der Waals surface area contributed by atoms with E-state index in [0.29, 0.717) is 6.17 Å². The molecule has 0 aromatic heterocycles. The Morgan fingerprint density at radius 1 is 1.18 bits per heavy atom. The molecular weight excluding hydrogens is 350 g/mol. The van der Waals surface area contributed by atoms with Gasteiger partial charge in [-0.15, -0.1) is 0 Å². The van der Waals surface area contributed by atoms with E-state index in [9.17, 15) is 5.11 Å². The van der Waals surface area contributed by atoms with Gasteiger partial charge in [0.15, 0.2) is 12.1 Å². The molecule has 6 nitrogen and oxygen atoms in total. The highest BCUT2D eigenvalue weighted by Crippen LogP contribution is 2.21. The molecule has 0 spiro atoms. The summed E-state index contributed by atoms with van der Waals surface area (Å²) in [5.74, 6) is 0.989. The zero-order valence-electron chi connectivity index (χ0n) is 18.2. The smallest absolute Gasteiger partial charge is 0.220 e. The van der Waals surface area contributed by atoms with E-state index in [-0.39, 0.29) is 5.96 Å². The quantitative estimate of drug-likeness (QED) is 0.165. The maximum Gasteiger partial charge on any atom is 0.220 e. The number of aliphatic imine (C=N–C) groups is 1. The van der Waals surface area contributed by atoms with Crippen LogP contribution in [-0.2, 0) is 0 Å². The number of fused-ring (bicyclic) bond motifs is 1. The number of nitrogens with zero attached hydrogens (tertiary/aromatic N) is 2. The summed E-state index contributed by atoms with van der Waals surface area (Å²) in [6.07, 6.45) is 16.4. The van der Waals surface area contributed by atoms with Crippen LogP contribution in [0.5, 0.6) is 0 Å². The maximum absolute atomic E-state index is 11.3. The largest absolute Gasteiger partial charge is 0.370 e. The van der Waals surface area contributed by atoms with Gasteiger partial charge in [-0.3, -0.25) is 14.8 Å². The molecule has 1 saturated heterocycles. The molecule has 0 saturated carbocycles. The van der Waals surface area contributed by atoms with Gasteiger partial charge in [-0.1, -0.05) is 46.0 Å². The first-order valence-electron chi connectivity index (χ1n) is 11.5. The Kier molecular flexibility index (Phi) is 9.75. The summed E-state index contributed by atoms with van der Waals surface area (Å²) in [7, 11) is 0. The van der Waals surface area contributed by atoms with E-state index in [1.165, 1.54) is 30.6 Å². The molecule has 1 fully saturated rings. The Hall–Kier alpha value is -1.11. The van der Waals surface area contributed by atoms with Crippen molar-refractivity contribution in [2.45, 2.75) is 89.9 Å². The third-order valence-electron chi connectivity index (χ3n) is 6.24. The highest BCUT2D eigenvalue weighted by atomic mass is 16.3. The van der Waals surface area contributed by atoms with E-state index in [0.717, 1.165) is 70.6 Å². The number of nitrogens with one attached hydrogen (secondary N) is 1. The Bertz CT molecular complexity index is 503. The second-order valence-corrected chi connectivity index (χ2v) is 9.11. The van der Waals surface area contributed by atoms with Crippen LogP contribution in [-0.4, -0.2) is 54.0 Å². The molecular formula is C22H44N5O+. The van der Waals surface area contributed by atoms with Gasteiger partial charge in [0.2, 0.25) is 5.72 Å². The minimum atomic E-state index is -0.658. The van der Waals surface area contributed by atoms with E-state index in [4.69, 9.17) is 11.5 Å². The summed E-state index contributed by atoms with van der Waals surface area (Å²) in [6, 6.07) is 0. The predicted molar refractivity (Wildman–Crippen MR) is 117 cm³/mol. The molecule has 6 N–H and O–H groups in total. The van der Waals surface area contributed by atoms with Gasteiger partial charge >= 0.3 is 0 Å². The summed E-state index contributed by atoms with van der Waals surface area (Å²) < 4.78 is 0. The van der Waals surface area contributed by atoms with Crippen LogP contribution >= 0.6 is 0 Å². The molecule has 2 aliphatic heterocycles. The Labute approximate surface area is 172 Å². The van der Waals surface area contributed by atoms with Gasteiger partial charge in [0, 0.05) is 38.6 Å². The molecule has 2 aliphatic rings. The Morgan fingerprint density at radius 2 is 1.93 bits per heavy atom.